The van der Waals surface area contributed by atoms with Gasteiger partial charge in [0.2, 0.25) is 0 Å². The van der Waals surface area contributed by atoms with Gasteiger partial charge in [-0.1, -0.05) is 30.3 Å². The summed E-state index contributed by atoms with van der Waals surface area (Å²) in [6.45, 7) is 0. The molecule has 0 spiro atoms. The molecule has 1 heterocycles. The summed E-state index contributed by atoms with van der Waals surface area (Å²) >= 11 is 1.53. The van der Waals surface area contributed by atoms with Crippen molar-refractivity contribution in [2.75, 3.05) is 0 Å². The zero-order chi connectivity index (χ0) is 13.9. The standard InChI is InChI=1S/C15H12F2N2S/c16-15(17)11-6-12-8-18-19-14(12)13(7-11)20-9-10-4-2-1-3-5-10/h1-8,15H,9H2,(H,18,19). The molecule has 0 atom stereocenters. The summed E-state index contributed by atoms with van der Waals surface area (Å²) in [4.78, 5) is 0.805. The number of halogens is 2. The van der Waals surface area contributed by atoms with E-state index in [0.717, 1.165) is 27.1 Å². The maximum absolute atomic E-state index is 12.9. The van der Waals surface area contributed by atoms with Crippen molar-refractivity contribution in [1.29, 1.82) is 0 Å². The lowest BCUT2D eigenvalue weighted by Crippen LogP contribution is -1.87. The molecule has 2 aromatic carbocycles. The number of aromatic amines is 1. The van der Waals surface area contributed by atoms with Crippen molar-refractivity contribution in [1.82, 2.24) is 10.2 Å². The van der Waals surface area contributed by atoms with Crippen LogP contribution in [0.3, 0.4) is 0 Å². The van der Waals surface area contributed by atoms with Gasteiger partial charge in [-0.25, -0.2) is 8.78 Å². The minimum Gasteiger partial charge on any atom is -0.277 e. The molecule has 3 aromatic rings. The van der Waals surface area contributed by atoms with Crippen LogP contribution >= 0.6 is 11.8 Å². The minimum absolute atomic E-state index is 0.0365. The first kappa shape index (κ1) is 13.1. The Morgan fingerprint density at radius 3 is 2.70 bits per heavy atom. The van der Waals surface area contributed by atoms with Gasteiger partial charge in [0, 0.05) is 21.6 Å². The van der Waals surface area contributed by atoms with Crippen molar-refractivity contribution in [3.05, 3.63) is 59.8 Å². The van der Waals surface area contributed by atoms with Crippen molar-refractivity contribution in [3.63, 3.8) is 0 Å². The van der Waals surface area contributed by atoms with E-state index in [9.17, 15) is 8.78 Å². The van der Waals surface area contributed by atoms with Gasteiger partial charge >= 0.3 is 0 Å². The molecule has 5 heteroatoms. The van der Waals surface area contributed by atoms with E-state index in [0.29, 0.717) is 0 Å². The van der Waals surface area contributed by atoms with E-state index >= 15 is 0 Å². The lowest BCUT2D eigenvalue weighted by atomic mass is 10.2. The molecule has 0 fully saturated rings. The predicted octanol–water partition coefficient (Wildman–Crippen LogP) is 4.79. The van der Waals surface area contributed by atoms with Gasteiger partial charge in [-0.05, 0) is 17.7 Å². The van der Waals surface area contributed by atoms with Crippen molar-refractivity contribution in [2.24, 2.45) is 0 Å². The summed E-state index contributed by atoms with van der Waals surface area (Å²) < 4.78 is 25.8. The van der Waals surface area contributed by atoms with Gasteiger partial charge in [0.1, 0.15) is 0 Å². The van der Waals surface area contributed by atoms with Gasteiger partial charge in [0.05, 0.1) is 11.7 Å². The Hall–Kier alpha value is -1.88. The van der Waals surface area contributed by atoms with Crippen LogP contribution in [0, 0.1) is 0 Å². The lowest BCUT2D eigenvalue weighted by Gasteiger charge is -2.07. The van der Waals surface area contributed by atoms with Crippen LogP contribution in [-0.4, -0.2) is 10.2 Å². The fraction of sp³-hybridized carbons (Fsp3) is 0.133. The van der Waals surface area contributed by atoms with E-state index < -0.39 is 6.43 Å². The molecule has 3 rings (SSSR count). The molecule has 0 amide bonds. The molecule has 0 unspecified atom stereocenters. The van der Waals surface area contributed by atoms with E-state index in [2.05, 4.69) is 10.2 Å². The average Bonchev–Trinajstić information content (AvgIpc) is 2.94. The molecule has 0 radical (unpaired) electrons. The van der Waals surface area contributed by atoms with Gasteiger partial charge in [-0.2, -0.15) is 5.10 Å². The molecule has 0 aliphatic carbocycles. The Morgan fingerprint density at radius 2 is 1.95 bits per heavy atom. The quantitative estimate of drug-likeness (QED) is 0.700. The van der Waals surface area contributed by atoms with Crippen LogP contribution in [0.2, 0.25) is 0 Å². The molecule has 20 heavy (non-hydrogen) atoms. The molecular formula is C15H12F2N2S. The van der Waals surface area contributed by atoms with E-state index in [1.807, 2.05) is 30.3 Å². The predicted molar refractivity (Wildman–Crippen MR) is 77.1 cm³/mol. The first-order valence-electron chi connectivity index (χ1n) is 6.16. The fourth-order valence-electron chi connectivity index (χ4n) is 2.02. The van der Waals surface area contributed by atoms with Crippen LogP contribution in [0.15, 0.2) is 53.6 Å². The van der Waals surface area contributed by atoms with Gasteiger partial charge in [-0.15, -0.1) is 11.8 Å². The zero-order valence-electron chi connectivity index (χ0n) is 10.5. The van der Waals surface area contributed by atoms with Crippen LogP contribution in [0.5, 0.6) is 0 Å². The molecule has 0 aliphatic rings. The van der Waals surface area contributed by atoms with Crippen LogP contribution in [0.1, 0.15) is 17.6 Å². The summed E-state index contributed by atoms with van der Waals surface area (Å²) in [7, 11) is 0. The monoisotopic (exact) mass is 290 g/mol. The number of fused-ring (bicyclic) bond motifs is 1. The van der Waals surface area contributed by atoms with Gasteiger partial charge in [-0.3, -0.25) is 5.10 Å². The van der Waals surface area contributed by atoms with Crippen LogP contribution in [0.25, 0.3) is 10.9 Å². The Bertz CT molecular complexity index is 710. The summed E-state index contributed by atoms with van der Waals surface area (Å²) in [5.74, 6) is 0.738. The largest absolute Gasteiger partial charge is 0.277 e. The lowest BCUT2D eigenvalue weighted by molar-refractivity contribution is 0.151. The molecule has 2 nitrogen and oxygen atoms in total. The van der Waals surface area contributed by atoms with Crippen LogP contribution in [-0.2, 0) is 5.75 Å². The molecule has 0 saturated carbocycles. The Balaban J connectivity index is 1.91. The zero-order valence-corrected chi connectivity index (χ0v) is 11.3. The Labute approximate surface area is 119 Å². The number of nitrogens with zero attached hydrogens (tertiary/aromatic N) is 1. The van der Waals surface area contributed by atoms with Crippen molar-refractivity contribution in [3.8, 4) is 0 Å². The van der Waals surface area contributed by atoms with E-state index in [4.69, 9.17) is 0 Å². The molecule has 0 saturated heterocycles. The highest BCUT2D eigenvalue weighted by molar-refractivity contribution is 7.98. The highest BCUT2D eigenvalue weighted by Crippen LogP contribution is 2.33. The summed E-state index contributed by atoms with van der Waals surface area (Å²) in [6.07, 6.45) is -0.890. The maximum Gasteiger partial charge on any atom is 0.263 e. The van der Waals surface area contributed by atoms with Gasteiger partial charge < -0.3 is 0 Å². The third-order valence-corrected chi connectivity index (χ3v) is 4.13. The molecule has 102 valence electrons. The smallest absolute Gasteiger partial charge is 0.263 e. The Morgan fingerprint density at radius 1 is 1.15 bits per heavy atom. The first-order chi connectivity index (χ1) is 9.74. The van der Waals surface area contributed by atoms with Gasteiger partial charge in [0.15, 0.2) is 0 Å². The second-order valence-electron chi connectivity index (χ2n) is 4.43. The Kier molecular flexibility index (Phi) is 3.69. The van der Waals surface area contributed by atoms with Crippen LogP contribution in [0.4, 0.5) is 8.78 Å². The number of aromatic nitrogens is 2. The van der Waals surface area contributed by atoms with E-state index in [-0.39, 0.29) is 5.56 Å². The maximum atomic E-state index is 12.9. The number of benzene rings is 2. The van der Waals surface area contributed by atoms with Crippen molar-refractivity contribution < 1.29 is 8.78 Å². The summed E-state index contributed by atoms with van der Waals surface area (Å²) in [5.41, 5.74) is 2.01. The third kappa shape index (κ3) is 2.67. The molecular weight excluding hydrogens is 278 g/mol. The summed E-state index contributed by atoms with van der Waals surface area (Å²) in [6, 6.07) is 13.0. The van der Waals surface area contributed by atoms with Crippen LogP contribution < -0.4 is 0 Å². The topological polar surface area (TPSA) is 28.7 Å². The number of rotatable bonds is 4. The minimum atomic E-state index is -2.47. The molecule has 1 N–H and O–H groups in total. The van der Waals surface area contributed by atoms with Crippen molar-refractivity contribution >= 4 is 22.7 Å². The van der Waals surface area contributed by atoms with Crippen molar-refractivity contribution in [2.45, 2.75) is 17.1 Å². The third-order valence-electron chi connectivity index (χ3n) is 3.02. The molecule has 0 aliphatic heterocycles. The number of thioether (sulfide) groups is 1. The first-order valence-corrected chi connectivity index (χ1v) is 7.14. The number of hydrogen-bond acceptors (Lipinski definition) is 2. The van der Waals surface area contributed by atoms with E-state index in [1.54, 1.807) is 12.3 Å². The molecule has 0 bridgehead atoms. The summed E-state index contributed by atoms with van der Waals surface area (Å²) in [5, 5.41) is 7.53. The SMILES string of the molecule is FC(F)c1cc(SCc2ccccc2)c2[nH]ncc2c1. The number of alkyl halides is 2. The second-order valence-corrected chi connectivity index (χ2v) is 5.45. The fourth-order valence-corrected chi connectivity index (χ4v) is 3.06. The number of nitrogens with one attached hydrogen (secondary N) is 1. The highest BCUT2D eigenvalue weighted by atomic mass is 32.2. The van der Waals surface area contributed by atoms with E-state index in [1.165, 1.54) is 17.8 Å². The second kappa shape index (κ2) is 5.63. The normalized spacial score (nSPS) is 11.3. The number of hydrogen-bond donors (Lipinski definition) is 1. The average molecular weight is 290 g/mol. The highest BCUT2D eigenvalue weighted by Gasteiger charge is 2.13. The molecule has 1 aromatic heterocycles. The number of H-pyrrole nitrogens is 1. The van der Waals surface area contributed by atoms with Gasteiger partial charge in [0.25, 0.3) is 6.43 Å².